The lowest BCUT2D eigenvalue weighted by molar-refractivity contribution is -0.274. The minimum absolute atomic E-state index is 0.0482. The van der Waals surface area contributed by atoms with Gasteiger partial charge >= 0.3 is 6.36 Å². The van der Waals surface area contributed by atoms with Gasteiger partial charge in [-0.2, -0.15) is 0 Å². The van der Waals surface area contributed by atoms with E-state index in [9.17, 15) is 21.6 Å². The number of nitrogens with zero attached hydrogens (tertiary/aromatic N) is 5. The number of hydrogen-bond acceptors (Lipinski definition) is 6. The first-order valence-corrected chi connectivity index (χ1v) is 10.5. The standard InChI is InChI=1S/C17H18F3N5O3S/c1-4-29(26,27)16-12(23-13(25(16)3)9-5-6-9)15-22-11-7-10(28-17(18,19)20)8-21-14(11)24(15)2/h7-9H,4-6H2,1-3H3. The molecule has 0 spiro atoms. The Balaban J connectivity index is 1.90. The second-order valence-electron chi connectivity index (χ2n) is 6.92. The molecule has 3 aromatic rings. The lowest BCUT2D eigenvalue weighted by atomic mass is 10.4. The van der Waals surface area contributed by atoms with E-state index in [-0.39, 0.29) is 39.4 Å². The SMILES string of the molecule is CCS(=O)(=O)c1c(-c2nc3cc(OC(F)(F)F)cnc3n2C)nc(C2CC2)n1C. The van der Waals surface area contributed by atoms with E-state index in [4.69, 9.17) is 0 Å². The minimum atomic E-state index is -4.85. The highest BCUT2D eigenvalue weighted by Gasteiger charge is 2.35. The molecule has 8 nitrogen and oxygen atoms in total. The third-order valence-corrected chi connectivity index (χ3v) is 6.64. The molecule has 3 heterocycles. The van der Waals surface area contributed by atoms with Gasteiger partial charge in [-0.1, -0.05) is 6.92 Å². The molecule has 29 heavy (non-hydrogen) atoms. The van der Waals surface area contributed by atoms with E-state index in [0.717, 1.165) is 25.1 Å². The van der Waals surface area contributed by atoms with Crippen molar-refractivity contribution in [3.63, 3.8) is 0 Å². The number of imidazole rings is 2. The largest absolute Gasteiger partial charge is 0.573 e. The number of rotatable bonds is 5. The van der Waals surface area contributed by atoms with E-state index in [1.165, 1.54) is 4.57 Å². The Morgan fingerprint density at radius 1 is 1.21 bits per heavy atom. The van der Waals surface area contributed by atoms with Crippen LogP contribution >= 0.6 is 0 Å². The minimum Gasteiger partial charge on any atom is -0.404 e. The van der Waals surface area contributed by atoms with E-state index in [2.05, 4.69) is 19.7 Å². The highest BCUT2D eigenvalue weighted by molar-refractivity contribution is 7.91. The summed E-state index contributed by atoms with van der Waals surface area (Å²) in [5.41, 5.74) is 0.603. The molecule has 3 aromatic heterocycles. The summed E-state index contributed by atoms with van der Waals surface area (Å²) in [5, 5.41) is 0.0482. The number of aryl methyl sites for hydroxylation is 1. The zero-order valence-electron chi connectivity index (χ0n) is 15.9. The Labute approximate surface area is 164 Å². The van der Waals surface area contributed by atoms with Gasteiger partial charge in [-0.15, -0.1) is 13.2 Å². The average molecular weight is 429 g/mol. The fourth-order valence-corrected chi connectivity index (χ4v) is 4.52. The van der Waals surface area contributed by atoms with Gasteiger partial charge in [-0.05, 0) is 12.8 Å². The highest BCUT2D eigenvalue weighted by atomic mass is 32.2. The van der Waals surface area contributed by atoms with Crippen molar-refractivity contribution >= 4 is 21.0 Å². The van der Waals surface area contributed by atoms with Crippen molar-refractivity contribution in [1.82, 2.24) is 24.1 Å². The van der Waals surface area contributed by atoms with E-state index >= 15 is 0 Å². The van der Waals surface area contributed by atoms with Crippen LogP contribution in [0.4, 0.5) is 13.2 Å². The van der Waals surface area contributed by atoms with Crippen molar-refractivity contribution in [2.45, 2.75) is 37.1 Å². The van der Waals surface area contributed by atoms with E-state index in [0.29, 0.717) is 5.82 Å². The van der Waals surface area contributed by atoms with Crippen LogP contribution in [0.15, 0.2) is 17.3 Å². The zero-order valence-corrected chi connectivity index (χ0v) is 16.7. The van der Waals surface area contributed by atoms with Gasteiger partial charge in [-0.3, -0.25) is 0 Å². The maximum atomic E-state index is 12.8. The Hall–Kier alpha value is -2.63. The molecule has 0 bridgehead atoms. The van der Waals surface area contributed by atoms with Crippen LogP contribution in [0.2, 0.25) is 0 Å². The molecule has 1 saturated carbocycles. The fraction of sp³-hybridized carbons (Fsp3) is 0.471. The van der Waals surface area contributed by atoms with Crippen LogP contribution in [0.3, 0.4) is 0 Å². The van der Waals surface area contributed by atoms with Crippen molar-refractivity contribution in [3.8, 4) is 17.3 Å². The average Bonchev–Trinajstić information content (AvgIpc) is 3.33. The highest BCUT2D eigenvalue weighted by Crippen LogP contribution is 2.42. The van der Waals surface area contributed by atoms with Crippen molar-refractivity contribution in [2.24, 2.45) is 14.1 Å². The summed E-state index contributed by atoms with van der Waals surface area (Å²) in [7, 11) is -0.363. The van der Waals surface area contributed by atoms with Gasteiger partial charge in [0.25, 0.3) is 0 Å². The number of sulfone groups is 1. The number of pyridine rings is 1. The van der Waals surface area contributed by atoms with Gasteiger partial charge in [0, 0.05) is 26.1 Å². The number of halogens is 3. The number of ether oxygens (including phenoxy) is 1. The van der Waals surface area contributed by atoms with Crippen LogP contribution in [0.25, 0.3) is 22.7 Å². The van der Waals surface area contributed by atoms with Gasteiger partial charge in [-0.25, -0.2) is 23.4 Å². The number of aromatic nitrogens is 5. The molecule has 0 unspecified atom stereocenters. The molecule has 0 aromatic carbocycles. The van der Waals surface area contributed by atoms with E-state index in [1.54, 1.807) is 25.6 Å². The molecule has 0 amide bonds. The van der Waals surface area contributed by atoms with Crippen LogP contribution in [0, 0.1) is 0 Å². The molecule has 1 aliphatic carbocycles. The van der Waals surface area contributed by atoms with Gasteiger partial charge in [0.1, 0.15) is 22.8 Å². The summed E-state index contributed by atoms with van der Waals surface area (Å²) >= 11 is 0. The summed E-state index contributed by atoms with van der Waals surface area (Å²) < 4.78 is 70.0. The van der Waals surface area contributed by atoms with Gasteiger partial charge in [0.05, 0.1) is 11.9 Å². The van der Waals surface area contributed by atoms with Crippen LogP contribution in [-0.4, -0.2) is 44.6 Å². The first-order valence-electron chi connectivity index (χ1n) is 8.89. The third kappa shape index (κ3) is 3.45. The Kier molecular flexibility index (Phi) is 4.37. The molecule has 1 fully saturated rings. The Bertz CT molecular complexity index is 1210. The molecule has 156 valence electrons. The molecule has 12 heteroatoms. The Morgan fingerprint density at radius 2 is 1.90 bits per heavy atom. The molecule has 0 saturated heterocycles. The van der Waals surface area contributed by atoms with Gasteiger partial charge < -0.3 is 13.9 Å². The van der Waals surface area contributed by atoms with E-state index < -0.39 is 21.9 Å². The van der Waals surface area contributed by atoms with Crippen LogP contribution < -0.4 is 4.74 Å². The summed E-state index contributed by atoms with van der Waals surface area (Å²) in [6.45, 7) is 1.54. The molecule has 0 atom stereocenters. The van der Waals surface area contributed by atoms with Crippen molar-refractivity contribution in [1.29, 1.82) is 0 Å². The monoisotopic (exact) mass is 429 g/mol. The first kappa shape index (κ1) is 19.7. The van der Waals surface area contributed by atoms with Crippen molar-refractivity contribution in [2.75, 3.05) is 5.75 Å². The van der Waals surface area contributed by atoms with Crippen molar-refractivity contribution in [3.05, 3.63) is 18.1 Å². The molecule has 0 radical (unpaired) electrons. The summed E-state index contributed by atoms with van der Waals surface area (Å²) in [6, 6.07) is 1.11. The summed E-state index contributed by atoms with van der Waals surface area (Å²) in [6.07, 6.45) is -2.05. The Morgan fingerprint density at radius 3 is 2.48 bits per heavy atom. The van der Waals surface area contributed by atoms with E-state index in [1.807, 2.05) is 0 Å². The predicted octanol–water partition coefficient (Wildman–Crippen LogP) is 2.94. The summed E-state index contributed by atoms with van der Waals surface area (Å²) in [4.78, 5) is 12.9. The fourth-order valence-electron chi connectivity index (χ4n) is 3.30. The number of alkyl halides is 3. The normalized spacial score (nSPS) is 15.2. The van der Waals surface area contributed by atoms with Gasteiger partial charge in [0.2, 0.25) is 0 Å². The molecule has 0 aliphatic heterocycles. The third-order valence-electron chi connectivity index (χ3n) is 4.82. The molecular formula is C17H18F3N5O3S. The van der Waals surface area contributed by atoms with Crippen LogP contribution in [0.1, 0.15) is 31.5 Å². The number of fused-ring (bicyclic) bond motifs is 1. The zero-order chi connectivity index (χ0) is 21.1. The quantitative estimate of drug-likeness (QED) is 0.619. The summed E-state index contributed by atoms with van der Waals surface area (Å²) in [5.74, 6) is 0.448. The second-order valence-corrected chi connectivity index (χ2v) is 9.11. The van der Waals surface area contributed by atoms with Crippen molar-refractivity contribution < 1.29 is 26.3 Å². The smallest absolute Gasteiger partial charge is 0.404 e. The van der Waals surface area contributed by atoms with Gasteiger partial charge in [0.15, 0.2) is 26.3 Å². The second kappa shape index (κ2) is 6.44. The molecule has 4 rings (SSSR count). The lowest BCUT2D eigenvalue weighted by Gasteiger charge is -2.07. The van der Waals surface area contributed by atoms with Crippen LogP contribution in [0.5, 0.6) is 5.75 Å². The molecular weight excluding hydrogens is 411 g/mol. The molecule has 1 aliphatic rings. The molecule has 0 N–H and O–H groups in total. The van der Waals surface area contributed by atoms with Crippen LogP contribution in [-0.2, 0) is 23.9 Å². The maximum absolute atomic E-state index is 12.8. The predicted molar refractivity (Wildman–Crippen MR) is 97.1 cm³/mol. The number of hydrogen-bond donors (Lipinski definition) is 0. The lowest BCUT2D eigenvalue weighted by Crippen LogP contribution is -2.17. The maximum Gasteiger partial charge on any atom is 0.573 e. The topological polar surface area (TPSA) is 91.9 Å². The first-order chi connectivity index (χ1) is 13.5.